The fourth-order valence-electron chi connectivity index (χ4n) is 1.38. The highest BCUT2D eigenvalue weighted by molar-refractivity contribution is 7.14. The van der Waals surface area contributed by atoms with Crippen molar-refractivity contribution in [3.8, 4) is 0 Å². The zero-order valence-electron chi connectivity index (χ0n) is 9.14. The molecular weight excluding hydrogens is 244 g/mol. The van der Waals surface area contributed by atoms with Crippen LogP contribution in [-0.4, -0.2) is 14.8 Å². The summed E-state index contributed by atoms with van der Waals surface area (Å²) in [6, 6.07) is 2.24. The molecule has 0 aliphatic heterocycles. The van der Waals surface area contributed by atoms with E-state index in [2.05, 4.69) is 27.7 Å². The number of hydrogen-bond acceptors (Lipinski definition) is 4. The van der Waals surface area contributed by atoms with Crippen molar-refractivity contribution in [3.05, 3.63) is 33.5 Å². The summed E-state index contributed by atoms with van der Waals surface area (Å²) < 4.78 is 2.52. The lowest BCUT2D eigenvalue weighted by Crippen LogP contribution is -2.18. The second-order valence-corrected chi connectivity index (χ2v) is 5.16. The molecule has 1 N–H and O–H groups in total. The van der Waals surface area contributed by atoms with Crippen LogP contribution in [0.2, 0.25) is 4.34 Å². The summed E-state index contributed by atoms with van der Waals surface area (Å²) in [7, 11) is 1.86. The van der Waals surface area contributed by atoms with E-state index in [0.717, 1.165) is 10.2 Å². The smallest absolute Gasteiger partial charge is 0.164 e. The topological polar surface area (TPSA) is 42.7 Å². The van der Waals surface area contributed by atoms with E-state index in [1.54, 1.807) is 22.3 Å². The third kappa shape index (κ3) is 2.81. The summed E-state index contributed by atoms with van der Waals surface area (Å²) in [5.41, 5.74) is 1.20. The van der Waals surface area contributed by atoms with Gasteiger partial charge in [-0.05, 0) is 23.9 Å². The van der Waals surface area contributed by atoms with E-state index in [1.807, 2.05) is 13.1 Å². The van der Waals surface area contributed by atoms with Crippen molar-refractivity contribution in [2.24, 2.45) is 7.05 Å². The van der Waals surface area contributed by atoms with E-state index in [9.17, 15) is 0 Å². The van der Waals surface area contributed by atoms with Gasteiger partial charge in [-0.3, -0.25) is 4.68 Å². The Morgan fingerprint density at radius 1 is 1.62 bits per heavy atom. The lowest BCUT2D eigenvalue weighted by molar-refractivity contribution is 0.557. The van der Waals surface area contributed by atoms with Crippen LogP contribution >= 0.6 is 22.9 Å². The molecule has 2 heterocycles. The van der Waals surface area contributed by atoms with Crippen molar-refractivity contribution in [2.45, 2.75) is 19.5 Å². The van der Waals surface area contributed by atoms with Gasteiger partial charge in [0.25, 0.3) is 0 Å². The molecule has 0 bridgehead atoms. The minimum absolute atomic E-state index is 0.257. The van der Waals surface area contributed by atoms with Crippen molar-refractivity contribution < 1.29 is 0 Å². The molecule has 0 saturated carbocycles. The summed E-state index contributed by atoms with van der Waals surface area (Å²) in [6.07, 6.45) is 1.70. The Balaban J connectivity index is 1.91. The van der Waals surface area contributed by atoms with Crippen LogP contribution in [0.1, 0.15) is 24.4 Å². The van der Waals surface area contributed by atoms with Crippen LogP contribution in [-0.2, 0) is 13.6 Å². The van der Waals surface area contributed by atoms with E-state index in [4.69, 9.17) is 11.6 Å². The standard InChI is InChI=1S/C10H13ClN4S/c1-7(8-3-9(11)16-5-8)12-4-10-13-6-15(2)14-10/h3,5-7,12H,4H2,1-2H3. The molecule has 6 heteroatoms. The average Bonchev–Trinajstić information content (AvgIpc) is 2.84. The number of halogens is 1. The molecule has 2 rings (SSSR count). The van der Waals surface area contributed by atoms with Gasteiger partial charge in [0.1, 0.15) is 6.33 Å². The van der Waals surface area contributed by atoms with E-state index < -0.39 is 0 Å². The molecule has 86 valence electrons. The van der Waals surface area contributed by atoms with E-state index in [1.165, 1.54) is 5.56 Å². The van der Waals surface area contributed by atoms with Gasteiger partial charge in [0.05, 0.1) is 10.9 Å². The fourth-order valence-corrected chi connectivity index (χ4v) is 2.36. The van der Waals surface area contributed by atoms with Crippen LogP contribution < -0.4 is 5.32 Å². The molecule has 2 aromatic heterocycles. The predicted octanol–water partition coefficient (Wildman–Crippen LogP) is 2.38. The molecule has 4 nitrogen and oxygen atoms in total. The van der Waals surface area contributed by atoms with Crippen LogP contribution in [0.25, 0.3) is 0 Å². The minimum atomic E-state index is 0.257. The average molecular weight is 257 g/mol. The molecule has 1 unspecified atom stereocenters. The third-order valence-corrected chi connectivity index (χ3v) is 3.41. The van der Waals surface area contributed by atoms with E-state index in [0.29, 0.717) is 6.54 Å². The van der Waals surface area contributed by atoms with Gasteiger partial charge >= 0.3 is 0 Å². The molecule has 0 radical (unpaired) electrons. The largest absolute Gasteiger partial charge is 0.303 e. The Bertz CT molecular complexity index is 465. The first-order valence-electron chi connectivity index (χ1n) is 4.97. The number of nitrogens with one attached hydrogen (secondary N) is 1. The summed E-state index contributed by atoms with van der Waals surface area (Å²) in [4.78, 5) is 4.15. The first-order valence-corrected chi connectivity index (χ1v) is 6.23. The molecule has 0 amide bonds. The molecule has 1 atom stereocenters. The van der Waals surface area contributed by atoms with Crippen molar-refractivity contribution in [1.82, 2.24) is 20.1 Å². The Kier molecular flexibility index (Phi) is 3.58. The normalized spacial score (nSPS) is 12.9. The maximum absolute atomic E-state index is 5.89. The Hall–Kier alpha value is -0.910. The first-order chi connectivity index (χ1) is 7.65. The maximum atomic E-state index is 5.89. The van der Waals surface area contributed by atoms with Crippen LogP contribution in [0.3, 0.4) is 0 Å². The second-order valence-electron chi connectivity index (χ2n) is 3.62. The highest BCUT2D eigenvalue weighted by atomic mass is 35.5. The minimum Gasteiger partial charge on any atom is -0.303 e. The molecule has 0 aliphatic rings. The summed E-state index contributed by atoms with van der Waals surface area (Å²) in [5.74, 6) is 0.802. The predicted molar refractivity (Wildman–Crippen MR) is 65.6 cm³/mol. The zero-order chi connectivity index (χ0) is 11.5. The quantitative estimate of drug-likeness (QED) is 0.913. The van der Waals surface area contributed by atoms with Gasteiger partial charge in [0.15, 0.2) is 5.82 Å². The van der Waals surface area contributed by atoms with Crippen LogP contribution in [0.4, 0.5) is 0 Å². The lowest BCUT2D eigenvalue weighted by atomic mass is 10.2. The number of aryl methyl sites for hydroxylation is 1. The maximum Gasteiger partial charge on any atom is 0.164 e. The van der Waals surface area contributed by atoms with Gasteiger partial charge in [0, 0.05) is 13.1 Å². The second kappa shape index (κ2) is 4.95. The molecule has 0 aromatic carbocycles. The van der Waals surface area contributed by atoms with Gasteiger partial charge in [-0.2, -0.15) is 5.10 Å². The fraction of sp³-hybridized carbons (Fsp3) is 0.400. The number of rotatable bonds is 4. The Morgan fingerprint density at radius 2 is 2.44 bits per heavy atom. The van der Waals surface area contributed by atoms with E-state index in [-0.39, 0.29) is 6.04 Å². The van der Waals surface area contributed by atoms with E-state index >= 15 is 0 Å². The summed E-state index contributed by atoms with van der Waals surface area (Å²) >= 11 is 7.44. The van der Waals surface area contributed by atoms with Crippen molar-refractivity contribution in [1.29, 1.82) is 0 Å². The SMILES string of the molecule is CC(NCc1ncn(C)n1)c1csc(Cl)c1. The van der Waals surface area contributed by atoms with Gasteiger partial charge in [-0.1, -0.05) is 11.6 Å². The van der Waals surface area contributed by atoms with Crippen LogP contribution in [0.15, 0.2) is 17.8 Å². The first kappa shape index (κ1) is 11.6. The molecular formula is C10H13ClN4S. The van der Waals surface area contributed by atoms with Crippen molar-refractivity contribution >= 4 is 22.9 Å². The molecule has 0 fully saturated rings. The molecule has 16 heavy (non-hydrogen) atoms. The molecule has 0 saturated heterocycles. The Morgan fingerprint density at radius 3 is 3.00 bits per heavy atom. The van der Waals surface area contributed by atoms with Crippen LogP contribution in [0.5, 0.6) is 0 Å². The lowest BCUT2D eigenvalue weighted by Gasteiger charge is -2.10. The third-order valence-electron chi connectivity index (χ3n) is 2.30. The van der Waals surface area contributed by atoms with Gasteiger partial charge in [0.2, 0.25) is 0 Å². The van der Waals surface area contributed by atoms with Gasteiger partial charge in [-0.25, -0.2) is 4.98 Å². The van der Waals surface area contributed by atoms with Gasteiger partial charge < -0.3 is 5.32 Å². The van der Waals surface area contributed by atoms with Crippen molar-refractivity contribution in [3.63, 3.8) is 0 Å². The summed E-state index contributed by atoms with van der Waals surface area (Å²) in [6.45, 7) is 2.76. The number of aromatic nitrogens is 3. The number of nitrogens with zero attached hydrogens (tertiary/aromatic N) is 3. The highest BCUT2D eigenvalue weighted by Gasteiger charge is 2.08. The van der Waals surface area contributed by atoms with Crippen LogP contribution in [0, 0.1) is 0 Å². The monoisotopic (exact) mass is 256 g/mol. The molecule has 0 aliphatic carbocycles. The number of hydrogen-bond donors (Lipinski definition) is 1. The number of thiophene rings is 1. The Labute approximate surface area is 103 Å². The highest BCUT2D eigenvalue weighted by Crippen LogP contribution is 2.24. The summed E-state index contributed by atoms with van der Waals surface area (Å²) in [5, 5.41) is 9.61. The zero-order valence-corrected chi connectivity index (χ0v) is 10.7. The van der Waals surface area contributed by atoms with Gasteiger partial charge in [-0.15, -0.1) is 11.3 Å². The van der Waals surface area contributed by atoms with Crippen molar-refractivity contribution in [2.75, 3.05) is 0 Å². The molecule has 0 spiro atoms. The molecule has 2 aromatic rings.